The van der Waals surface area contributed by atoms with E-state index in [2.05, 4.69) is 19.2 Å². The zero-order valence-corrected chi connectivity index (χ0v) is 11.6. The fraction of sp³-hybridized carbons (Fsp3) is 1.00. The minimum absolute atomic E-state index is 0.845. The van der Waals surface area contributed by atoms with E-state index in [4.69, 9.17) is 0 Å². The zero-order chi connectivity index (χ0) is 11.8. The van der Waals surface area contributed by atoms with Crippen molar-refractivity contribution >= 4 is 0 Å². The summed E-state index contributed by atoms with van der Waals surface area (Å²) in [5, 5.41) is 3.92. The first-order chi connectivity index (χ1) is 8.29. The summed E-state index contributed by atoms with van der Waals surface area (Å²) < 4.78 is 0. The van der Waals surface area contributed by atoms with Crippen LogP contribution in [0.1, 0.15) is 58.8 Å². The fourth-order valence-electron chi connectivity index (χ4n) is 4.69. The van der Waals surface area contributed by atoms with E-state index >= 15 is 0 Å². The Kier molecular flexibility index (Phi) is 3.47. The van der Waals surface area contributed by atoms with E-state index < -0.39 is 0 Å². The van der Waals surface area contributed by atoms with Crippen molar-refractivity contribution in [2.24, 2.45) is 29.6 Å². The van der Waals surface area contributed by atoms with Gasteiger partial charge >= 0.3 is 0 Å². The molecule has 0 heterocycles. The highest BCUT2D eigenvalue weighted by Crippen LogP contribution is 2.52. The van der Waals surface area contributed by atoms with Crippen LogP contribution in [0.5, 0.6) is 0 Å². The molecule has 0 amide bonds. The van der Waals surface area contributed by atoms with Gasteiger partial charge in [0.25, 0.3) is 0 Å². The average Bonchev–Trinajstić information content (AvgIpc) is 2.99. The van der Waals surface area contributed by atoms with Crippen molar-refractivity contribution in [2.75, 3.05) is 6.54 Å². The van der Waals surface area contributed by atoms with Gasteiger partial charge in [-0.05, 0) is 74.7 Å². The predicted molar refractivity (Wildman–Crippen MR) is 72.9 cm³/mol. The summed E-state index contributed by atoms with van der Waals surface area (Å²) in [5.74, 6) is 5.20. The smallest absolute Gasteiger partial charge is 0.0126 e. The van der Waals surface area contributed by atoms with Gasteiger partial charge < -0.3 is 5.32 Å². The number of rotatable bonds is 6. The van der Waals surface area contributed by atoms with Crippen molar-refractivity contribution in [3.05, 3.63) is 0 Å². The van der Waals surface area contributed by atoms with Gasteiger partial charge in [-0.3, -0.25) is 0 Å². The minimum Gasteiger partial charge on any atom is -0.313 e. The lowest BCUT2D eigenvalue weighted by Gasteiger charge is -2.35. The Morgan fingerprint density at radius 1 is 1.12 bits per heavy atom. The normalized spacial score (nSPS) is 39.5. The van der Waals surface area contributed by atoms with Gasteiger partial charge in [-0.2, -0.15) is 0 Å². The van der Waals surface area contributed by atoms with E-state index in [-0.39, 0.29) is 0 Å². The van der Waals surface area contributed by atoms with Crippen LogP contribution in [-0.4, -0.2) is 12.6 Å². The maximum atomic E-state index is 3.92. The Bertz CT molecular complexity index is 258. The molecule has 5 unspecified atom stereocenters. The summed E-state index contributed by atoms with van der Waals surface area (Å²) in [6.07, 6.45) is 10.5. The highest BCUT2D eigenvalue weighted by atomic mass is 14.9. The molecular weight excluding hydrogens is 206 g/mol. The lowest BCUT2D eigenvalue weighted by atomic mass is 9.77. The summed E-state index contributed by atoms with van der Waals surface area (Å²) in [4.78, 5) is 0. The number of hydrogen-bond acceptors (Lipinski definition) is 1. The molecule has 1 N–H and O–H groups in total. The number of nitrogens with one attached hydrogen (secondary N) is 1. The molecule has 0 saturated heterocycles. The molecule has 3 saturated carbocycles. The lowest BCUT2D eigenvalue weighted by molar-refractivity contribution is 0.186. The quantitative estimate of drug-likeness (QED) is 0.737. The third-order valence-corrected chi connectivity index (χ3v) is 5.82. The van der Waals surface area contributed by atoms with E-state index in [0.29, 0.717) is 0 Å². The molecule has 2 bridgehead atoms. The fourth-order valence-corrected chi connectivity index (χ4v) is 4.69. The largest absolute Gasteiger partial charge is 0.313 e. The molecule has 0 aromatic heterocycles. The molecular formula is C16H29N. The van der Waals surface area contributed by atoms with Crippen LogP contribution in [0.2, 0.25) is 0 Å². The van der Waals surface area contributed by atoms with Crippen molar-refractivity contribution in [2.45, 2.75) is 64.8 Å². The Morgan fingerprint density at radius 2 is 1.94 bits per heavy atom. The van der Waals surface area contributed by atoms with Crippen molar-refractivity contribution in [3.8, 4) is 0 Å². The zero-order valence-electron chi connectivity index (χ0n) is 11.6. The van der Waals surface area contributed by atoms with Gasteiger partial charge in [0.2, 0.25) is 0 Å². The SMILES string of the molecule is CCCNC(C(C)C1CC1)C1CC2CCC1C2. The molecule has 1 nitrogen and oxygen atoms in total. The van der Waals surface area contributed by atoms with Gasteiger partial charge in [-0.15, -0.1) is 0 Å². The van der Waals surface area contributed by atoms with Crippen molar-refractivity contribution in [1.82, 2.24) is 5.32 Å². The molecule has 0 aliphatic heterocycles. The molecule has 0 spiro atoms. The first-order valence-electron chi connectivity index (χ1n) is 8.03. The van der Waals surface area contributed by atoms with Crippen LogP contribution < -0.4 is 5.32 Å². The first kappa shape index (κ1) is 12.0. The van der Waals surface area contributed by atoms with E-state index in [1.165, 1.54) is 32.2 Å². The van der Waals surface area contributed by atoms with Gasteiger partial charge in [0.15, 0.2) is 0 Å². The van der Waals surface area contributed by atoms with Crippen molar-refractivity contribution in [1.29, 1.82) is 0 Å². The molecule has 3 aliphatic rings. The molecule has 3 fully saturated rings. The summed E-state index contributed by atoms with van der Waals surface area (Å²) >= 11 is 0. The molecule has 0 aromatic carbocycles. The molecule has 3 rings (SSSR count). The summed E-state index contributed by atoms with van der Waals surface area (Å²) in [5.41, 5.74) is 0. The molecule has 3 aliphatic carbocycles. The van der Waals surface area contributed by atoms with E-state index in [1.807, 2.05) is 0 Å². The molecule has 0 aromatic rings. The third kappa shape index (κ3) is 2.41. The van der Waals surface area contributed by atoms with Crippen molar-refractivity contribution < 1.29 is 0 Å². The van der Waals surface area contributed by atoms with Crippen LogP contribution in [-0.2, 0) is 0 Å². The standard InChI is InChI=1S/C16H29N/c1-3-8-17-16(11(2)13-6-7-13)15-10-12-4-5-14(15)9-12/h11-17H,3-10H2,1-2H3. The summed E-state index contributed by atoms with van der Waals surface area (Å²) in [7, 11) is 0. The monoisotopic (exact) mass is 235 g/mol. The Labute approximate surface area is 107 Å². The van der Waals surface area contributed by atoms with Crippen LogP contribution in [0.15, 0.2) is 0 Å². The van der Waals surface area contributed by atoms with E-state index in [0.717, 1.165) is 35.6 Å². The molecule has 0 radical (unpaired) electrons. The van der Waals surface area contributed by atoms with Gasteiger partial charge in [-0.1, -0.05) is 20.3 Å². The van der Waals surface area contributed by atoms with Crippen LogP contribution in [0.3, 0.4) is 0 Å². The molecule has 98 valence electrons. The highest BCUT2D eigenvalue weighted by molar-refractivity contribution is 4.99. The maximum Gasteiger partial charge on any atom is 0.0126 e. The van der Waals surface area contributed by atoms with Gasteiger partial charge in [0.05, 0.1) is 0 Å². The number of fused-ring (bicyclic) bond motifs is 2. The van der Waals surface area contributed by atoms with E-state index in [1.54, 1.807) is 19.3 Å². The molecule has 17 heavy (non-hydrogen) atoms. The number of hydrogen-bond donors (Lipinski definition) is 1. The molecule has 1 heteroatoms. The highest BCUT2D eigenvalue weighted by Gasteiger charge is 2.46. The molecule has 5 atom stereocenters. The predicted octanol–water partition coefficient (Wildman–Crippen LogP) is 3.84. The Morgan fingerprint density at radius 3 is 2.47 bits per heavy atom. The van der Waals surface area contributed by atoms with Crippen LogP contribution in [0.25, 0.3) is 0 Å². The van der Waals surface area contributed by atoms with Gasteiger partial charge in [-0.25, -0.2) is 0 Å². The summed E-state index contributed by atoms with van der Waals surface area (Å²) in [6, 6.07) is 0.845. The second-order valence-corrected chi connectivity index (χ2v) is 7.02. The first-order valence-corrected chi connectivity index (χ1v) is 8.03. The topological polar surface area (TPSA) is 12.0 Å². The van der Waals surface area contributed by atoms with Crippen LogP contribution >= 0.6 is 0 Å². The summed E-state index contributed by atoms with van der Waals surface area (Å²) in [6.45, 7) is 6.05. The second kappa shape index (κ2) is 4.91. The van der Waals surface area contributed by atoms with Crippen LogP contribution in [0, 0.1) is 29.6 Å². The Hall–Kier alpha value is -0.0400. The van der Waals surface area contributed by atoms with Crippen molar-refractivity contribution in [3.63, 3.8) is 0 Å². The van der Waals surface area contributed by atoms with E-state index in [9.17, 15) is 0 Å². The van der Waals surface area contributed by atoms with Crippen LogP contribution in [0.4, 0.5) is 0 Å². The lowest BCUT2D eigenvalue weighted by Crippen LogP contribution is -2.44. The Balaban J connectivity index is 1.64. The minimum atomic E-state index is 0.845. The average molecular weight is 235 g/mol. The second-order valence-electron chi connectivity index (χ2n) is 7.02. The third-order valence-electron chi connectivity index (χ3n) is 5.82. The maximum absolute atomic E-state index is 3.92. The van der Waals surface area contributed by atoms with Gasteiger partial charge in [0, 0.05) is 6.04 Å². The van der Waals surface area contributed by atoms with Gasteiger partial charge in [0.1, 0.15) is 0 Å².